The molecule has 0 N–H and O–H groups in total. The van der Waals surface area contributed by atoms with Crippen molar-refractivity contribution in [2.75, 3.05) is 0 Å². The van der Waals surface area contributed by atoms with E-state index in [9.17, 15) is 0 Å². The first-order chi connectivity index (χ1) is 25.3. The summed E-state index contributed by atoms with van der Waals surface area (Å²) in [6.45, 7) is 0. The van der Waals surface area contributed by atoms with Crippen LogP contribution in [0.5, 0.6) is 11.5 Å². The first-order valence-electron chi connectivity index (χ1n) is 17.8. The molecule has 1 spiro atoms. The van der Waals surface area contributed by atoms with Crippen molar-refractivity contribution in [3.05, 3.63) is 239 Å². The van der Waals surface area contributed by atoms with Gasteiger partial charge in [0.15, 0.2) is 0 Å². The maximum Gasteiger partial charge on any atom is 0.132 e. The molecule has 0 bridgehead atoms. The summed E-state index contributed by atoms with van der Waals surface area (Å²) in [7, 11) is 0. The second kappa shape index (κ2) is 10.5. The van der Waals surface area contributed by atoms with Gasteiger partial charge in [-0.15, -0.1) is 0 Å². The highest BCUT2D eigenvalue weighted by atomic mass is 16.5. The summed E-state index contributed by atoms with van der Waals surface area (Å²) in [5.74, 6) is 1.81. The van der Waals surface area contributed by atoms with E-state index in [1.807, 2.05) is 0 Å². The van der Waals surface area contributed by atoms with E-state index in [0.717, 1.165) is 11.5 Å². The maximum absolute atomic E-state index is 6.80. The molecule has 2 aliphatic carbocycles. The average Bonchev–Trinajstić information content (AvgIpc) is 3.67. The predicted octanol–water partition coefficient (Wildman–Crippen LogP) is 12.2. The lowest BCUT2D eigenvalue weighted by atomic mass is 9.64. The van der Waals surface area contributed by atoms with Crippen LogP contribution in [0.15, 0.2) is 194 Å². The summed E-state index contributed by atoms with van der Waals surface area (Å²) in [6, 6.07) is 71.4. The molecule has 11 rings (SSSR count). The van der Waals surface area contributed by atoms with Crippen LogP contribution in [0.3, 0.4) is 0 Å². The van der Waals surface area contributed by atoms with Gasteiger partial charge in [0.05, 0.1) is 10.8 Å². The number of hydrogen-bond donors (Lipinski definition) is 0. The van der Waals surface area contributed by atoms with Crippen molar-refractivity contribution < 1.29 is 4.74 Å². The van der Waals surface area contributed by atoms with Crippen LogP contribution in [0.1, 0.15) is 44.5 Å². The molecule has 1 nitrogen and oxygen atoms in total. The molecule has 1 heteroatoms. The van der Waals surface area contributed by atoms with Gasteiger partial charge in [-0.3, -0.25) is 0 Å². The maximum atomic E-state index is 6.80. The van der Waals surface area contributed by atoms with Crippen molar-refractivity contribution in [1.82, 2.24) is 0 Å². The van der Waals surface area contributed by atoms with E-state index in [1.54, 1.807) is 0 Å². The van der Waals surface area contributed by atoms with Crippen LogP contribution in [0.2, 0.25) is 0 Å². The van der Waals surface area contributed by atoms with Crippen molar-refractivity contribution in [3.8, 4) is 44.9 Å². The van der Waals surface area contributed by atoms with Crippen LogP contribution in [0.25, 0.3) is 33.4 Å². The van der Waals surface area contributed by atoms with Gasteiger partial charge in [-0.25, -0.2) is 0 Å². The minimum absolute atomic E-state index is 0.506. The number of rotatable bonds is 3. The van der Waals surface area contributed by atoms with Crippen molar-refractivity contribution in [3.63, 3.8) is 0 Å². The zero-order valence-corrected chi connectivity index (χ0v) is 27.9. The van der Waals surface area contributed by atoms with E-state index in [2.05, 4.69) is 194 Å². The Morgan fingerprint density at radius 3 is 1.22 bits per heavy atom. The van der Waals surface area contributed by atoms with Gasteiger partial charge < -0.3 is 4.74 Å². The van der Waals surface area contributed by atoms with Gasteiger partial charge in [-0.2, -0.15) is 0 Å². The molecule has 1 aliphatic heterocycles. The number of para-hydroxylation sites is 1. The number of fused-ring (bicyclic) bond motifs is 12. The van der Waals surface area contributed by atoms with E-state index in [0.29, 0.717) is 0 Å². The Labute approximate surface area is 298 Å². The van der Waals surface area contributed by atoms with Gasteiger partial charge in [0.25, 0.3) is 0 Å². The Morgan fingerprint density at radius 1 is 0.275 bits per heavy atom. The Bertz CT molecular complexity index is 2590. The van der Waals surface area contributed by atoms with E-state index in [1.165, 1.54) is 77.9 Å². The van der Waals surface area contributed by atoms with Crippen molar-refractivity contribution >= 4 is 0 Å². The minimum Gasteiger partial charge on any atom is -0.457 e. The van der Waals surface area contributed by atoms with Crippen LogP contribution in [-0.2, 0) is 10.8 Å². The Hall–Kier alpha value is -6.44. The summed E-state index contributed by atoms with van der Waals surface area (Å²) in [6.07, 6.45) is 0. The van der Waals surface area contributed by atoms with E-state index in [-0.39, 0.29) is 0 Å². The highest BCUT2D eigenvalue weighted by molar-refractivity contribution is 5.91. The standard InChI is InChI=1S/C50H32O/c1-2-16-34(17-3-1)49(41-24-10-5-19-36(41)37-20-6-11-25-42(37)49)40-23-9-4-18-35(40)33-30-31-48-46(32-33)50(45-28-14-15-29-47(45)51-48)43-26-12-7-21-38(43)39-22-8-13-27-44(39)50/h1-32H. The fourth-order valence-corrected chi connectivity index (χ4v) is 9.77. The van der Waals surface area contributed by atoms with Crippen molar-refractivity contribution in [2.24, 2.45) is 0 Å². The summed E-state index contributed by atoms with van der Waals surface area (Å²) in [5.41, 5.74) is 16.6. The summed E-state index contributed by atoms with van der Waals surface area (Å²) in [4.78, 5) is 0. The fourth-order valence-electron chi connectivity index (χ4n) is 9.77. The second-order valence-electron chi connectivity index (χ2n) is 13.9. The number of benzene rings is 8. The van der Waals surface area contributed by atoms with Crippen LogP contribution in [-0.4, -0.2) is 0 Å². The fraction of sp³-hybridized carbons (Fsp3) is 0.0400. The van der Waals surface area contributed by atoms with Crippen LogP contribution >= 0.6 is 0 Å². The Morgan fingerprint density at radius 2 is 0.667 bits per heavy atom. The summed E-state index contributed by atoms with van der Waals surface area (Å²) >= 11 is 0. The topological polar surface area (TPSA) is 9.23 Å². The van der Waals surface area contributed by atoms with Gasteiger partial charge >= 0.3 is 0 Å². The second-order valence-corrected chi connectivity index (χ2v) is 13.9. The highest BCUT2D eigenvalue weighted by Crippen LogP contribution is 2.63. The van der Waals surface area contributed by atoms with E-state index < -0.39 is 10.8 Å². The molecule has 51 heavy (non-hydrogen) atoms. The molecule has 3 aliphatic rings. The highest BCUT2D eigenvalue weighted by Gasteiger charge is 2.51. The smallest absolute Gasteiger partial charge is 0.132 e. The van der Waals surface area contributed by atoms with Crippen LogP contribution < -0.4 is 4.74 Å². The number of ether oxygens (including phenoxy) is 1. The van der Waals surface area contributed by atoms with Gasteiger partial charge in [-0.1, -0.05) is 176 Å². The molecule has 0 amide bonds. The van der Waals surface area contributed by atoms with Gasteiger partial charge in [-0.05, 0) is 85.0 Å². The first-order valence-corrected chi connectivity index (χ1v) is 17.8. The minimum atomic E-state index is -0.522. The average molecular weight is 649 g/mol. The zero-order valence-electron chi connectivity index (χ0n) is 27.9. The quantitative estimate of drug-likeness (QED) is 0.185. The van der Waals surface area contributed by atoms with Gasteiger partial charge in [0.1, 0.15) is 11.5 Å². The Kier molecular flexibility index (Phi) is 5.86. The molecule has 0 saturated heterocycles. The predicted molar refractivity (Wildman–Crippen MR) is 207 cm³/mol. The molecular weight excluding hydrogens is 617 g/mol. The lowest BCUT2D eigenvalue weighted by Gasteiger charge is -2.40. The summed E-state index contributed by atoms with van der Waals surface area (Å²) < 4.78 is 6.80. The van der Waals surface area contributed by atoms with Gasteiger partial charge in [0.2, 0.25) is 0 Å². The van der Waals surface area contributed by atoms with E-state index in [4.69, 9.17) is 4.74 Å². The molecule has 238 valence electrons. The van der Waals surface area contributed by atoms with Crippen molar-refractivity contribution in [1.29, 1.82) is 0 Å². The third-order valence-electron chi connectivity index (χ3n) is 11.6. The molecule has 0 atom stereocenters. The zero-order chi connectivity index (χ0) is 33.6. The van der Waals surface area contributed by atoms with Crippen LogP contribution in [0, 0.1) is 0 Å². The third kappa shape index (κ3) is 3.60. The van der Waals surface area contributed by atoms with Crippen LogP contribution in [0.4, 0.5) is 0 Å². The SMILES string of the molecule is c1ccc(C2(c3ccccc3-c3ccc4c(c3)C3(c5ccccc5O4)c4ccccc4-c4ccccc43)c3ccccc3-c3ccccc32)cc1. The monoisotopic (exact) mass is 648 g/mol. The molecule has 0 radical (unpaired) electrons. The third-order valence-corrected chi connectivity index (χ3v) is 11.6. The van der Waals surface area contributed by atoms with E-state index >= 15 is 0 Å². The number of hydrogen-bond acceptors (Lipinski definition) is 1. The van der Waals surface area contributed by atoms with Crippen molar-refractivity contribution in [2.45, 2.75) is 10.8 Å². The van der Waals surface area contributed by atoms with Gasteiger partial charge in [0, 0.05) is 11.1 Å². The first kappa shape index (κ1) is 28.4. The molecule has 1 heterocycles. The molecule has 0 aromatic heterocycles. The lowest BCUT2D eigenvalue weighted by molar-refractivity contribution is 0.436. The normalized spacial score (nSPS) is 14.7. The molecule has 0 fully saturated rings. The molecule has 0 saturated carbocycles. The largest absolute Gasteiger partial charge is 0.457 e. The molecule has 8 aromatic carbocycles. The molecular formula is C50H32O. The Balaban J connectivity index is 1.23. The molecule has 8 aromatic rings. The summed E-state index contributed by atoms with van der Waals surface area (Å²) in [5, 5.41) is 0. The molecule has 0 unspecified atom stereocenters. The lowest BCUT2D eigenvalue weighted by Crippen LogP contribution is -2.32.